The van der Waals surface area contributed by atoms with E-state index in [4.69, 9.17) is 4.74 Å². The van der Waals surface area contributed by atoms with Crippen LogP contribution in [0.25, 0.3) is 0 Å². The van der Waals surface area contributed by atoms with Crippen LogP contribution >= 0.6 is 11.8 Å². The Labute approximate surface area is 213 Å². The van der Waals surface area contributed by atoms with Gasteiger partial charge in [-0.15, -0.1) is 11.8 Å². The lowest BCUT2D eigenvalue weighted by Gasteiger charge is -2.54. The van der Waals surface area contributed by atoms with Crippen molar-refractivity contribution in [3.05, 3.63) is 102 Å². The number of amides is 2. The normalized spacial score (nSPS) is 22.1. The molecule has 2 amide bonds. The molecule has 0 bridgehead atoms. The Morgan fingerprint density at radius 3 is 2.17 bits per heavy atom. The third kappa shape index (κ3) is 3.82. The number of rotatable bonds is 7. The van der Waals surface area contributed by atoms with Crippen molar-refractivity contribution in [2.24, 2.45) is 0 Å². The quantitative estimate of drug-likeness (QED) is 0.484. The second-order valence-corrected chi connectivity index (χ2v) is 11.0. The van der Waals surface area contributed by atoms with Gasteiger partial charge in [0.1, 0.15) is 24.3 Å². The molecule has 3 aromatic carbocycles. The molecule has 0 aliphatic carbocycles. The summed E-state index contributed by atoms with van der Waals surface area (Å²) in [5, 5.41) is 8.89. The first-order valence-corrected chi connectivity index (χ1v) is 12.5. The van der Waals surface area contributed by atoms with Crippen molar-refractivity contribution >= 4 is 29.5 Å². The third-order valence-electron chi connectivity index (χ3n) is 6.59. The molecule has 2 fully saturated rings. The fourth-order valence-electron chi connectivity index (χ4n) is 5.05. The van der Waals surface area contributed by atoms with E-state index in [0.717, 1.165) is 5.56 Å². The van der Waals surface area contributed by atoms with E-state index in [1.807, 2.05) is 50.2 Å². The van der Waals surface area contributed by atoms with Gasteiger partial charge >= 0.3 is 5.97 Å². The molecule has 3 aromatic rings. The van der Waals surface area contributed by atoms with Crippen molar-refractivity contribution in [3.8, 4) is 5.75 Å². The summed E-state index contributed by atoms with van der Waals surface area (Å²) >= 11 is 1.42. The molecule has 2 aliphatic heterocycles. The highest BCUT2D eigenvalue weighted by molar-refractivity contribution is 8.01. The highest BCUT2D eigenvalue weighted by Crippen LogP contribution is 2.62. The molecule has 184 valence electrons. The Morgan fingerprint density at radius 1 is 0.944 bits per heavy atom. The summed E-state index contributed by atoms with van der Waals surface area (Å²) in [7, 11) is 0. The maximum atomic E-state index is 13.8. The van der Waals surface area contributed by atoms with Gasteiger partial charge in [-0.3, -0.25) is 14.4 Å². The molecule has 0 aromatic heterocycles. The number of β-lactam (4-membered cyclic amide) rings is 1. The molecule has 2 heterocycles. The Morgan fingerprint density at radius 2 is 1.56 bits per heavy atom. The van der Waals surface area contributed by atoms with Crippen molar-refractivity contribution in [2.45, 2.75) is 36.2 Å². The van der Waals surface area contributed by atoms with Crippen molar-refractivity contribution in [1.29, 1.82) is 0 Å². The molecule has 2 atom stereocenters. The topological polar surface area (TPSA) is 87.2 Å². The summed E-state index contributed by atoms with van der Waals surface area (Å²) < 4.78 is 5.91. The number of carboxylic acids is 1. The number of thioether (sulfide) groups is 1. The monoisotopic (exact) mass is 502 g/mol. The molecule has 0 saturated carbocycles. The summed E-state index contributed by atoms with van der Waals surface area (Å²) in [6.07, 6.45) is 0. The first-order chi connectivity index (χ1) is 17.2. The van der Waals surface area contributed by atoms with E-state index < -0.39 is 34.2 Å². The zero-order valence-corrected chi connectivity index (χ0v) is 20.8. The van der Waals surface area contributed by atoms with Crippen LogP contribution in [0.15, 0.2) is 84.9 Å². The first kappa shape index (κ1) is 23.9. The maximum Gasteiger partial charge on any atom is 0.323 e. The molecule has 36 heavy (non-hydrogen) atoms. The fourth-order valence-corrected chi connectivity index (χ4v) is 6.74. The molecular formula is C28H26N2O5S. The highest BCUT2D eigenvalue weighted by atomic mass is 32.2. The van der Waals surface area contributed by atoms with Crippen LogP contribution in [0.2, 0.25) is 0 Å². The molecule has 2 unspecified atom stereocenters. The zero-order chi connectivity index (χ0) is 25.5. The highest BCUT2D eigenvalue weighted by Gasteiger charge is 2.74. The van der Waals surface area contributed by atoms with E-state index in [9.17, 15) is 19.5 Å². The van der Waals surface area contributed by atoms with Crippen LogP contribution in [0.3, 0.4) is 0 Å². The molecule has 7 nitrogen and oxygen atoms in total. The standard InChI is InChI=1S/C28H26N2O5S/c1-27(2)30(24(33)20-11-7-4-8-12-20)28(25(34)29(17-23(31)32)26(28)36-27)21-13-15-22(16-14-21)35-18-19-9-5-3-6-10-19/h3-16,26H,17-18H2,1-2H3,(H,31,32). The summed E-state index contributed by atoms with van der Waals surface area (Å²) in [4.78, 5) is 41.3. The van der Waals surface area contributed by atoms with Gasteiger partial charge in [-0.2, -0.15) is 0 Å². The van der Waals surface area contributed by atoms with Crippen molar-refractivity contribution in [1.82, 2.24) is 9.80 Å². The Hall–Kier alpha value is -3.78. The van der Waals surface area contributed by atoms with Gasteiger partial charge in [0.25, 0.3) is 11.8 Å². The molecular weight excluding hydrogens is 476 g/mol. The average molecular weight is 503 g/mol. The van der Waals surface area contributed by atoms with Gasteiger partial charge in [-0.1, -0.05) is 60.7 Å². The summed E-state index contributed by atoms with van der Waals surface area (Å²) in [5.41, 5.74) is 0.827. The van der Waals surface area contributed by atoms with Gasteiger partial charge in [0.15, 0.2) is 5.54 Å². The van der Waals surface area contributed by atoms with E-state index in [0.29, 0.717) is 23.5 Å². The summed E-state index contributed by atoms with van der Waals surface area (Å²) in [5.74, 6) is -1.12. The van der Waals surface area contributed by atoms with Crippen LogP contribution in [-0.4, -0.2) is 49.5 Å². The third-order valence-corrected chi connectivity index (χ3v) is 8.17. The number of aliphatic carboxylic acids is 1. The van der Waals surface area contributed by atoms with E-state index >= 15 is 0 Å². The lowest BCUT2D eigenvalue weighted by Crippen LogP contribution is -2.75. The number of ether oxygens (including phenoxy) is 1. The number of benzene rings is 3. The molecule has 1 N–H and O–H groups in total. The molecule has 0 radical (unpaired) electrons. The number of nitrogens with zero attached hydrogens (tertiary/aromatic N) is 2. The fraction of sp³-hybridized carbons (Fsp3) is 0.250. The number of hydrogen-bond acceptors (Lipinski definition) is 5. The zero-order valence-electron chi connectivity index (χ0n) is 20.0. The minimum atomic E-state index is -1.31. The largest absolute Gasteiger partial charge is 0.489 e. The SMILES string of the molecule is CC1(C)SC2N(CC(=O)O)C(=O)C2(c2ccc(OCc3ccccc3)cc2)N1C(=O)c1ccccc1. The second-order valence-electron chi connectivity index (χ2n) is 9.32. The van der Waals surface area contributed by atoms with Crippen LogP contribution in [0.4, 0.5) is 0 Å². The molecule has 0 spiro atoms. The Kier molecular flexibility index (Phi) is 6.00. The minimum Gasteiger partial charge on any atom is -0.489 e. The van der Waals surface area contributed by atoms with Gasteiger partial charge in [0.2, 0.25) is 0 Å². The van der Waals surface area contributed by atoms with Crippen molar-refractivity contribution in [3.63, 3.8) is 0 Å². The van der Waals surface area contributed by atoms with Gasteiger partial charge in [0.05, 0.1) is 4.87 Å². The lowest BCUT2D eigenvalue weighted by molar-refractivity contribution is -0.170. The molecule has 2 saturated heterocycles. The van der Waals surface area contributed by atoms with Crippen LogP contribution in [0, 0.1) is 0 Å². The Balaban J connectivity index is 1.52. The number of carbonyl (C=O) groups excluding carboxylic acids is 2. The van der Waals surface area contributed by atoms with E-state index in [-0.39, 0.29) is 5.91 Å². The number of carbonyl (C=O) groups is 3. The average Bonchev–Trinajstić information content (AvgIpc) is 3.11. The van der Waals surface area contributed by atoms with Gasteiger partial charge < -0.3 is 19.6 Å². The first-order valence-electron chi connectivity index (χ1n) is 11.6. The van der Waals surface area contributed by atoms with E-state index in [2.05, 4.69) is 0 Å². The van der Waals surface area contributed by atoms with Gasteiger partial charge in [-0.05, 0) is 49.2 Å². The molecule has 2 aliphatic rings. The van der Waals surface area contributed by atoms with Gasteiger partial charge in [0, 0.05) is 5.56 Å². The van der Waals surface area contributed by atoms with Crippen LogP contribution in [-0.2, 0) is 21.7 Å². The maximum absolute atomic E-state index is 13.8. The predicted molar refractivity (Wildman–Crippen MR) is 136 cm³/mol. The van der Waals surface area contributed by atoms with Crippen molar-refractivity contribution in [2.75, 3.05) is 6.54 Å². The number of carboxylic acid groups (broad SMARTS) is 1. The molecule has 5 rings (SSSR count). The predicted octanol–water partition coefficient (Wildman–Crippen LogP) is 4.34. The van der Waals surface area contributed by atoms with Crippen LogP contribution in [0.1, 0.15) is 35.3 Å². The minimum absolute atomic E-state index is 0.275. The van der Waals surface area contributed by atoms with E-state index in [1.54, 1.807) is 53.4 Å². The number of fused-ring (bicyclic) bond motifs is 1. The number of likely N-dealkylation sites (tertiary alicyclic amines) is 1. The molecule has 8 heteroatoms. The summed E-state index contributed by atoms with van der Waals surface area (Å²) in [6, 6.07) is 25.8. The lowest BCUT2D eigenvalue weighted by atomic mass is 9.78. The van der Waals surface area contributed by atoms with Gasteiger partial charge in [-0.25, -0.2) is 0 Å². The Bertz CT molecular complexity index is 1300. The smallest absolute Gasteiger partial charge is 0.323 e. The number of hydrogen-bond donors (Lipinski definition) is 1. The van der Waals surface area contributed by atoms with E-state index in [1.165, 1.54) is 16.7 Å². The van der Waals surface area contributed by atoms with Crippen molar-refractivity contribution < 1.29 is 24.2 Å². The summed E-state index contributed by atoms with van der Waals surface area (Å²) in [6.45, 7) is 3.77. The second kappa shape index (κ2) is 9.02. The van der Waals surface area contributed by atoms with Crippen LogP contribution < -0.4 is 4.74 Å². The van der Waals surface area contributed by atoms with Crippen LogP contribution in [0.5, 0.6) is 5.75 Å².